The Labute approximate surface area is 114 Å². The summed E-state index contributed by atoms with van der Waals surface area (Å²) in [6.45, 7) is 4.16. The van der Waals surface area contributed by atoms with Gasteiger partial charge >= 0.3 is 11.7 Å². The van der Waals surface area contributed by atoms with Gasteiger partial charge in [0.05, 0.1) is 5.25 Å². The summed E-state index contributed by atoms with van der Waals surface area (Å²) in [5.41, 5.74) is 4.56. The first-order valence-electron chi connectivity index (χ1n) is 5.87. The molecule has 0 unspecified atom stereocenters. The summed E-state index contributed by atoms with van der Waals surface area (Å²) in [4.78, 5) is 33.6. The lowest BCUT2D eigenvalue weighted by atomic mass is 10.3. The molecule has 0 bridgehead atoms. The van der Waals surface area contributed by atoms with Gasteiger partial charge in [0.2, 0.25) is 5.91 Å². The Kier molecular flexibility index (Phi) is 5.61. The molecule has 3 amide bonds. The number of urea groups is 1. The van der Waals surface area contributed by atoms with Crippen molar-refractivity contribution < 1.29 is 9.59 Å². The first kappa shape index (κ1) is 15.3. The van der Waals surface area contributed by atoms with Crippen molar-refractivity contribution in [2.45, 2.75) is 43.6 Å². The molecule has 0 aliphatic rings. The first-order chi connectivity index (χ1) is 8.95. The number of aromatic amines is 1. The van der Waals surface area contributed by atoms with Gasteiger partial charge in [0.25, 0.3) is 0 Å². The number of carbonyl (C=O) groups excluding carboxylic acids is 2. The van der Waals surface area contributed by atoms with Gasteiger partial charge in [-0.05, 0) is 13.3 Å². The molecule has 1 aromatic heterocycles. The van der Waals surface area contributed by atoms with E-state index in [-0.39, 0.29) is 5.69 Å². The third kappa shape index (κ3) is 4.43. The van der Waals surface area contributed by atoms with Crippen LogP contribution in [0.1, 0.15) is 26.7 Å². The van der Waals surface area contributed by atoms with Crippen LogP contribution in [0.5, 0.6) is 0 Å². The minimum atomic E-state index is -0.900. The van der Waals surface area contributed by atoms with E-state index in [1.165, 1.54) is 4.57 Å². The topological polar surface area (TPSA) is 123 Å². The van der Waals surface area contributed by atoms with E-state index in [0.29, 0.717) is 11.7 Å². The maximum absolute atomic E-state index is 11.5. The molecule has 19 heavy (non-hydrogen) atoms. The number of hydrogen-bond donors (Lipinski definition) is 3. The average molecular weight is 287 g/mol. The van der Waals surface area contributed by atoms with Crippen LogP contribution in [0.25, 0.3) is 0 Å². The predicted octanol–water partition coefficient (Wildman–Crippen LogP) is 0.0470. The second-order valence-electron chi connectivity index (χ2n) is 3.93. The molecular formula is C10H17N5O3S. The van der Waals surface area contributed by atoms with E-state index < -0.39 is 17.2 Å². The third-order valence-corrected chi connectivity index (χ3v) is 3.45. The van der Waals surface area contributed by atoms with E-state index in [9.17, 15) is 14.4 Å². The largest absolute Gasteiger partial charge is 0.351 e. The summed E-state index contributed by atoms with van der Waals surface area (Å²) in [5, 5.41) is 8.03. The van der Waals surface area contributed by atoms with Crippen molar-refractivity contribution in [3.05, 3.63) is 10.5 Å². The molecule has 1 aromatic rings. The van der Waals surface area contributed by atoms with Gasteiger partial charge in [0, 0.05) is 6.54 Å². The van der Waals surface area contributed by atoms with Crippen molar-refractivity contribution in [3.8, 4) is 0 Å². The summed E-state index contributed by atoms with van der Waals surface area (Å²) < 4.78 is 1.47. The Bertz CT molecular complexity index is 510. The number of nitrogens with two attached hydrogens (primary N) is 1. The number of H-pyrrole nitrogens is 1. The molecule has 0 aromatic carbocycles. The quantitative estimate of drug-likeness (QED) is 0.638. The minimum Gasteiger partial charge on any atom is -0.351 e. The van der Waals surface area contributed by atoms with Crippen LogP contribution in [-0.2, 0) is 11.3 Å². The minimum absolute atomic E-state index is 0.307. The van der Waals surface area contributed by atoms with Gasteiger partial charge in [-0.25, -0.2) is 14.7 Å². The van der Waals surface area contributed by atoms with Crippen molar-refractivity contribution in [1.82, 2.24) is 20.1 Å². The molecule has 0 aliphatic carbocycles. The van der Waals surface area contributed by atoms with Crippen LogP contribution >= 0.6 is 11.8 Å². The van der Waals surface area contributed by atoms with Crippen LogP contribution in [0.4, 0.5) is 4.79 Å². The molecule has 1 atom stereocenters. The highest BCUT2D eigenvalue weighted by molar-refractivity contribution is 8.00. The van der Waals surface area contributed by atoms with Gasteiger partial charge in [-0.15, -0.1) is 5.10 Å². The second-order valence-corrected chi connectivity index (χ2v) is 5.24. The van der Waals surface area contributed by atoms with E-state index in [4.69, 9.17) is 5.73 Å². The number of rotatable bonds is 6. The predicted molar refractivity (Wildman–Crippen MR) is 70.8 cm³/mol. The summed E-state index contributed by atoms with van der Waals surface area (Å²) in [6.07, 6.45) is 1.79. The Morgan fingerprint density at radius 1 is 1.58 bits per heavy atom. The summed E-state index contributed by atoms with van der Waals surface area (Å²) in [6, 6.07) is -0.900. The molecule has 1 heterocycles. The number of primary amides is 1. The Morgan fingerprint density at radius 3 is 2.84 bits per heavy atom. The van der Waals surface area contributed by atoms with E-state index in [0.717, 1.165) is 24.6 Å². The van der Waals surface area contributed by atoms with Gasteiger partial charge in [0.15, 0.2) is 5.16 Å². The van der Waals surface area contributed by atoms with E-state index in [1.54, 1.807) is 6.92 Å². The maximum atomic E-state index is 11.5. The van der Waals surface area contributed by atoms with Gasteiger partial charge in [-0.2, -0.15) is 0 Å². The second kappa shape index (κ2) is 6.98. The number of carbonyl (C=O) groups is 2. The smallest absolute Gasteiger partial charge is 0.343 e. The van der Waals surface area contributed by atoms with Gasteiger partial charge < -0.3 is 5.73 Å². The van der Waals surface area contributed by atoms with Crippen molar-refractivity contribution in [2.24, 2.45) is 5.73 Å². The van der Waals surface area contributed by atoms with Crippen LogP contribution in [0.15, 0.2) is 9.95 Å². The molecule has 0 fully saturated rings. The number of amides is 3. The highest BCUT2D eigenvalue weighted by Crippen LogP contribution is 2.20. The van der Waals surface area contributed by atoms with Crippen LogP contribution in [-0.4, -0.2) is 32.0 Å². The van der Waals surface area contributed by atoms with Crippen LogP contribution < -0.4 is 16.7 Å². The number of nitrogens with one attached hydrogen (secondary N) is 2. The molecule has 8 nitrogen and oxygen atoms in total. The zero-order valence-electron chi connectivity index (χ0n) is 10.8. The highest BCUT2D eigenvalue weighted by atomic mass is 32.2. The molecule has 1 rings (SSSR count). The molecule has 0 saturated carbocycles. The normalized spacial score (nSPS) is 12.1. The van der Waals surface area contributed by atoms with E-state index >= 15 is 0 Å². The monoisotopic (exact) mass is 287 g/mol. The van der Waals surface area contributed by atoms with Gasteiger partial charge in [-0.1, -0.05) is 25.1 Å². The molecule has 0 spiro atoms. The lowest BCUT2D eigenvalue weighted by Gasteiger charge is -2.10. The Balaban J connectivity index is 2.73. The molecular weight excluding hydrogens is 270 g/mol. The Morgan fingerprint density at radius 2 is 2.26 bits per heavy atom. The number of unbranched alkanes of at least 4 members (excludes halogenated alkanes) is 1. The molecule has 0 saturated heterocycles. The van der Waals surface area contributed by atoms with E-state index in [1.807, 2.05) is 12.2 Å². The summed E-state index contributed by atoms with van der Waals surface area (Å²) in [5.74, 6) is -0.519. The van der Waals surface area contributed by atoms with Crippen molar-refractivity contribution in [1.29, 1.82) is 0 Å². The Hall–Kier alpha value is -1.77. The highest BCUT2D eigenvalue weighted by Gasteiger charge is 2.19. The molecule has 4 N–H and O–H groups in total. The summed E-state index contributed by atoms with van der Waals surface area (Å²) >= 11 is 1.09. The summed E-state index contributed by atoms with van der Waals surface area (Å²) in [7, 11) is 0. The SMILES string of the molecule is CCCCn1c(S[C@@H](C)C(=O)NC(N)=O)n[nH]c1=O. The number of hydrogen-bond acceptors (Lipinski definition) is 5. The lowest BCUT2D eigenvalue weighted by Crippen LogP contribution is -2.39. The maximum Gasteiger partial charge on any atom is 0.343 e. The number of aromatic nitrogens is 3. The average Bonchev–Trinajstić information content (AvgIpc) is 2.67. The van der Waals surface area contributed by atoms with E-state index in [2.05, 4.69) is 10.2 Å². The third-order valence-electron chi connectivity index (χ3n) is 2.36. The molecule has 106 valence electrons. The molecule has 0 radical (unpaired) electrons. The fraction of sp³-hybridized carbons (Fsp3) is 0.600. The van der Waals surface area contributed by atoms with Crippen LogP contribution in [0.2, 0.25) is 0 Å². The molecule has 9 heteroatoms. The first-order valence-corrected chi connectivity index (χ1v) is 6.75. The molecule has 0 aliphatic heterocycles. The zero-order valence-corrected chi connectivity index (χ0v) is 11.6. The zero-order chi connectivity index (χ0) is 14.4. The van der Waals surface area contributed by atoms with Crippen molar-refractivity contribution >= 4 is 23.7 Å². The fourth-order valence-corrected chi connectivity index (χ4v) is 2.22. The number of imide groups is 1. The number of thioether (sulfide) groups is 1. The van der Waals surface area contributed by atoms with Crippen molar-refractivity contribution in [3.63, 3.8) is 0 Å². The standard InChI is InChI=1S/C10H17N5O3S/c1-3-4-5-15-9(18)13-14-10(15)19-6(2)7(16)12-8(11)17/h6H,3-5H2,1-2H3,(H,13,18)(H3,11,12,16,17)/t6-/m0/s1. The lowest BCUT2D eigenvalue weighted by molar-refractivity contribution is -0.119. The fourth-order valence-electron chi connectivity index (χ4n) is 1.34. The number of nitrogens with zero attached hydrogens (tertiary/aromatic N) is 2. The van der Waals surface area contributed by atoms with Crippen molar-refractivity contribution in [2.75, 3.05) is 0 Å². The van der Waals surface area contributed by atoms with Crippen LogP contribution in [0.3, 0.4) is 0 Å². The van der Waals surface area contributed by atoms with Gasteiger partial charge in [-0.3, -0.25) is 14.7 Å². The van der Waals surface area contributed by atoms with Crippen LogP contribution in [0, 0.1) is 0 Å². The van der Waals surface area contributed by atoms with Gasteiger partial charge in [0.1, 0.15) is 0 Å².